The van der Waals surface area contributed by atoms with Gasteiger partial charge in [0.05, 0.1) is 23.1 Å². The van der Waals surface area contributed by atoms with E-state index >= 15 is 0 Å². The van der Waals surface area contributed by atoms with Crippen LogP contribution in [0.3, 0.4) is 0 Å². The van der Waals surface area contributed by atoms with E-state index in [-0.39, 0.29) is 29.1 Å². The van der Waals surface area contributed by atoms with Crippen LogP contribution in [0.4, 0.5) is 18.9 Å². The molecule has 2 heterocycles. The summed E-state index contributed by atoms with van der Waals surface area (Å²) in [7, 11) is 3.45. The van der Waals surface area contributed by atoms with E-state index in [1.54, 1.807) is 31.1 Å². The van der Waals surface area contributed by atoms with Crippen LogP contribution in [0.25, 0.3) is 0 Å². The molecule has 0 N–H and O–H groups in total. The van der Waals surface area contributed by atoms with Gasteiger partial charge >= 0.3 is 6.18 Å². The molecule has 1 atom stereocenters. The Labute approximate surface area is 198 Å². The summed E-state index contributed by atoms with van der Waals surface area (Å²) in [6.45, 7) is 1.93. The first-order valence-corrected chi connectivity index (χ1v) is 11.9. The second kappa shape index (κ2) is 9.12. The summed E-state index contributed by atoms with van der Waals surface area (Å²) in [5.74, 6) is -0.102. The van der Waals surface area contributed by atoms with Crippen molar-refractivity contribution in [2.24, 2.45) is 17.3 Å². The van der Waals surface area contributed by atoms with Crippen LogP contribution in [0.15, 0.2) is 18.2 Å². The van der Waals surface area contributed by atoms with Crippen molar-refractivity contribution >= 4 is 17.5 Å². The minimum atomic E-state index is -4.60. The minimum absolute atomic E-state index is 0.00732. The third kappa shape index (κ3) is 4.47. The number of carbonyl (C=O) groups excluding carboxylic acids is 2. The number of alkyl halides is 3. The zero-order valence-electron chi connectivity index (χ0n) is 19.7. The van der Waals surface area contributed by atoms with Crippen molar-refractivity contribution in [1.82, 2.24) is 9.80 Å². The fourth-order valence-electron chi connectivity index (χ4n) is 6.00. The number of likely N-dealkylation sites (tertiary alicyclic amines) is 1. The van der Waals surface area contributed by atoms with Gasteiger partial charge in [-0.25, -0.2) is 0 Å². The zero-order chi connectivity index (χ0) is 24.7. The standard InChI is InChI=1S/C25H31F3N4O2/c1-30(2)23(34)21-15-32(22(33)17-5-3-4-6-17)16-24(21)9-11-31(12-10-24)19-8-7-18(14-29)20(13-19)25(26,27)28/h7-8,13,17,21H,3-6,9-12,15-16H2,1-2H3. The molecular weight excluding hydrogens is 445 g/mol. The SMILES string of the molecule is CN(C)C(=O)C1CN(C(=O)C2CCCC2)CC12CCN(c1ccc(C#N)c(C(F)(F)F)c1)CC2. The molecule has 34 heavy (non-hydrogen) atoms. The second-order valence-electron chi connectivity index (χ2n) is 10.2. The molecule has 1 aliphatic carbocycles. The average Bonchev–Trinajstić information content (AvgIpc) is 3.46. The van der Waals surface area contributed by atoms with Crippen LogP contribution in [-0.2, 0) is 15.8 Å². The van der Waals surface area contributed by atoms with Gasteiger partial charge in [0.25, 0.3) is 0 Å². The van der Waals surface area contributed by atoms with E-state index in [1.165, 1.54) is 6.07 Å². The highest BCUT2D eigenvalue weighted by Crippen LogP contribution is 2.47. The van der Waals surface area contributed by atoms with Crippen LogP contribution in [0.5, 0.6) is 0 Å². The Kier molecular flexibility index (Phi) is 6.54. The molecular formula is C25H31F3N4O2. The van der Waals surface area contributed by atoms with Gasteiger partial charge < -0.3 is 14.7 Å². The third-order valence-corrected chi connectivity index (χ3v) is 7.96. The number of rotatable bonds is 3. The molecule has 1 saturated carbocycles. The normalized spacial score (nSPS) is 22.8. The van der Waals surface area contributed by atoms with Gasteiger partial charge in [0.2, 0.25) is 11.8 Å². The lowest BCUT2D eigenvalue weighted by Crippen LogP contribution is -2.48. The lowest BCUT2D eigenvalue weighted by molar-refractivity contribution is -0.138. The maximum absolute atomic E-state index is 13.4. The summed E-state index contributed by atoms with van der Waals surface area (Å²) in [6, 6.07) is 5.44. The number of carbonyl (C=O) groups is 2. The molecule has 6 nitrogen and oxygen atoms in total. The fraction of sp³-hybridized carbons (Fsp3) is 0.640. The molecule has 4 rings (SSSR count). The molecule has 1 aromatic carbocycles. The number of benzene rings is 1. The highest BCUT2D eigenvalue weighted by Gasteiger charge is 2.53. The third-order valence-electron chi connectivity index (χ3n) is 7.96. The molecule has 2 saturated heterocycles. The number of hydrogen-bond acceptors (Lipinski definition) is 4. The maximum atomic E-state index is 13.4. The summed E-state index contributed by atoms with van der Waals surface area (Å²) in [4.78, 5) is 31.6. The van der Waals surface area contributed by atoms with Gasteiger partial charge in [0.1, 0.15) is 0 Å². The monoisotopic (exact) mass is 476 g/mol. The Morgan fingerprint density at radius 2 is 1.79 bits per heavy atom. The van der Waals surface area contributed by atoms with Gasteiger partial charge in [-0.15, -0.1) is 0 Å². The summed E-state index contributed by atoms with van der Waals surface area (Å²) < 4.78 is 40.3. The Morgan fingerprint density at radius 3 is 2.35 bits per heavy atom. The molecule has 2 aliphatic heterocycles. The molecule has 0 bridgehead atoms. The zero-order valence-corrected chi connectivity index (χ0v) is 19.7. The Balaban J connectivity index is 1.54. The number of anilines is 1. The van der Waals surface area contributed by atoms with Gasteiger partial charge in [-0.05, 0) is 43.9 Å². The molecule has 2 amide bonds. The van der Waals surface area contributed by atoms with Crippen LogP contribution in [0.1, 0.15) is 49.7 Å². The molecule has 1 spiro atoms. The van der Waals surface area contributed by atoms with E-state index in [4.69, 9.17) is 5.26 Å². The minimum Gasteiger partial charge on any atom is -0.371 e. The molecule has 9 heteroatoms. The first-order chi connectivity index (χ1) is 16.1. The van der Waals surface area contributed by atoms with E-state index in [1.807, 2.05) is 9.80 Å². The lowest BCUT2D eigenvalue weighted by Gasteiger charge is -2.43. The first-order valence-electron chi connectivity index (χ1n) is 11.9. The van der Waals surface area contributed by atoms with Crippen LogP contribution >= 0.6 is 0 Å². The van der Waals surface area contributed by atoms with Crippen molar-refractivity contribution < 1.29 is 22.8 Å². The Morgan fingerprint density at radius 1 is 1.15 bits per heavy atom. The molecule has 1 unspecified atom stereocenters. The molecule has 0 radical (unpaired) electrons. The average molecular weight is 477 g/mol. The molecule has 1 aromatic rings. The van der Waals surface area contributed by atoms with Crippen LogP contribution < -0.4 is 4.90 Å². The topological polar surface area (TPSA) is 67.7 Å². The molecule has 184 valence electrons. The van der Waals surface area contributed by atoms with Gasteiger partial charge in [0.15, 0.2) is 0 Å². The predicted molar refractivity (Wildman–Crippen MR) is 121 cm³/mol. The van der Waals surface area contributed by atoms with Gasteiger partial charge in [-0.2, -0.15) is 18.4 Å². The summed E-state index contributed by atoms with van der Waals surface area (Å²) in [6.07, 6.45) is 0.572. The highest BCUT2D eigenvalue weighted by atomic mass is 19.4. The summed E-state index contributed by atoms with van der Waals surface area (Å²) >= 11 is 0. The molecule has 3 fully saturated rings. The van der Waals surface area contributed by atoms with Gasteiger partial charge in [-0.1, -0.05) is 12.8 Å². The largest absolute Gasteiger partial charge is 0.417 e. The van der Waals surface area contributed by atoms with Crippen molar-refractivity contribution in [3.63, 3.8) is 0 Å². The van der Waals surface area contributed by atoms with Crippen molar-refractivity contribution in [3.8, 4) is 6.07 Å². The predicted octanol–water partition coefficient (Wildman–Crippen LogP) is 3.90. The van der Waals surface area contributed by atoms with E-state index in [2.05, 4.69) is 0 Å². The van der Waals surface area contributed by atoms with Crippen molar-refractivity contribution in [1.29, 1.82) is 5.26 Å². The smallest absolute Gasteiger partial charge is 0.371 e. The number of amides is 2. The van der Waals surface area contributed by atoms with Gasteiger partial charge in [0, 0.05) is 57.3 Å². The number of nitriles is 1. The second-order valence-corrected chi connectivity index (χ2v) is 10.2. The van der Waals surface area contributed by atoms with Crippen LogP contribution in [-0.4, -0.2) is 61.9 Å². The van der Waals surface area contributed by atoms with E-state index in [0.717, 1.165) is 31.7 Å². The molecule has 3 aliphatic rings. The number of nitrogens with zero attached hydrogens (tertiary/aromatic N) is 4. The fourth-order valence-corrected chi connectivity index (χ4v) is 6.00. The number of hydrogen-bond donors (Lipinski definition) is 0. The van der Waals surface area contributed by atoms with E-state index < -0.39 is 17.3 Å². The number of halogens is 3. The van der Waals surface area contributed by atoms with Crippen LogP contribution in [0, 0.1) is 28.6 Å². The summed E-state index contributed by atoms with van der Waals surface area (Å²) in [5.41, 5.74) is -1.26. The van der Waals surface area contributed by atoms with Crippen molar-refractivity contribution in [2.45, 2.75) is 44.7 Å². The number of piperidine rings is 1. The lowest BCUT2D eigenvalue weighted by atomic mass is 9.70. The maximum Gasteiger partial charge on any atom is 0.417 e. The quantitative estimate of drug-likeness (QED) is 0.664. The van der Waals surface area contributed by atoms with Gasteiger partial charge in [-0.3, -0.25) is 9.59 Å². The molecule has 0 aromatic heterocycles. The van der Waals surface area contributed by atoms with Crippen molar-refractivity contribution in [3.05, 3.63) is 29.3 Å². The van der Waals surface area contributed by atoms with Crippen molar-refractivity contribution in [2.75, 3.05) is 45.2 Å². The van der Waals surface area contributed by atoms with Crippen LogP contribution in [0.2, 0.25) is 0 Å². The highest BCUT2D eigenvalue weighted by molar-refractivity contribution is 5.84. The first kappa shape index (κ1) is 24.4. The Hall–Kier alpha value is -2.76. The summed E-state index contributed by atoms with van der Waals surface area (Å²) in [5, 5.41) is 9.06. The van der Waals surface area contributed by atoms with E-state index in [9.17, 15) is 22.8 Å². The van der Waals surface area contributed by atoms with E-state index in [0.29, 0.717) is 44.7 Å². The Bertz CT molecular complexity index is 987.